The second-order valence-electron chi connectivity index (χ2n) is 5.01. The molecule has 0 aliphatic heterocycles. The summed E-state index contributed by atoms with van der Waals surface area (Å²) in [5.41, 5.74) is 3.40. The zero-order valence-electron chi connectivity index (χ0n) is 12.5. The lowest BCUT2D eigenvalue weighted by molar-refractivity contribution is 0.397. The highest BCUT2D eigenvalue weighted by Gasteiger charge is 2.14. The summed E-state index contributed by atoms with van der Waals surface area (Å²) in [5.74, 6) is 1.65. The lowest BCUT2D eigenvalue weighted by Crippen LogP contribution is -1.94. The van der Waals surface area contributed by atoms with Crippen molar-refractivity contribution in [1.82, 2.24) is 0 Å². The molecule has 2 nitrogen and oxygen atoms in total. The molecule has 0 saturated heterocycles. The van der Waals surface area contributed by atoms with E-state index in [0.717, 1.165) is 22.6 Å². The first kappa shape index (κ1) is 13.5. The van der Waals surface area contributed by atoms with Gasteiger partial charge in [-0.25, -0.2) is 0 Å². The molecule has 3 rings (SSSR count). The van der Waals surface area contributed by atoms with Crippen LogP contribution in [0.5, 0.6) is 11.5 Å². The fraction of sp³-hybridized carbons (Fsp3) is 0.158. The van der Waals surface area contributed by atoms with E-state index in [1.54, 1.807) is 14.2 Å². The largest absolute Gasteiger partial charge is 0.496 e. The van der Waals surface area contributed by atoms with Gasteiger partial charge in [-0.3, -0.25) is 0 Å². The van der Waals surface area contributed by atoms with E-state index in [2.05, 4.69) is 43.3 Å². The van der Waals surface area contributed by atoms with Crippen LogP contribution < -0.4 is 9.47 Å². The second kappa shape index (κ2) is 5.49. The number of methoxy groups -OCH3 is 2. The molecule has 0 aliphatic rings. The number of hydrogen-bond donors (Lipinski definition) is 0. The zero-order chi connectivity index (χ0) is 14.8. The standard InChI is InChI=1S/C19H18O2/c1-13-7-4-9-15-14(13)8-5-10-16(15)19-17(20-2)11-6-12-18(19)21-3/h4-12H,1-3H3. The van der Waals surface area contributed by atoms with Gasteiger partial charge in [-0.05, 0) is 41.0 Å². The second-order valence-corrected chi connectivity index (χ2v) is 5.01. The Bertz CT molecular complexity index is 768. The average molecular weight is 278 g/mol. The number of fused-ring (bicyclic) bond motifs is 1. The molecule has 0 saturated carbocycles. The molecule has 0 fully saturated rings. The third-order valence-corrected chi connectivity index (χ3v) is 3.84. The zero-order valence-corrected chi connectivity index (χ0v) is 12.5. The van der Waals surface area contributed by atoms with Crippen LogP contribution in [0, 0.1) is 6.92 Å². The Morgan fingerprint density at radius 2 is 1.24 bits per heavy atom. The smallest absolute Gasteiger partial charge is 0.130 e. The summed E-state index contributed by atoms with van der Waals surface area (Å²) < 4.78 is 11.1. The maximum atomic E-state index is 5.54. The van der Waals surface area contributed by atoms with Crippen molar-refractivity contribution in [2.45, 2.75) is 6.92 Å². The molecule has 106 valence electrons. The van der Waals surface area contributed by atoms with E-state index in [1.165, 1.54) is 16.3 Å². The van der Waals surface area contributed by atoms with E-state index in [1.807, 2.05) is 18.2 Å². The van der Waals surface area contributed by atoms with E-state index in [0.29, 0.717) is 0 Å². The van der Waals surface area contributed by atoms with Crippen molar-refractivity contribution in [3.63, 3.8) is 0 Å². The molecule has 0 N–H and O–H groups in total. The van der Waals surface area contributed by atoms with Crippen LogP contribution in [-0.2, 0) is 0 Å². The molecule has 0 heterocycles. The predicted octanol–water partition coefficient (Wildman–Crippen LogP) is 4.83. The van der Waals surface area contributed by atoms with Gasteiger partial charge in [0.1, 0.15) is 11.5 Å². The summed E-state index contributed by atoms with van der Waals surface area (Å²) in [6, 6.07) is 18.6. The topological polar surface area (TPSA) is 18.5 Å². The Labute approximate surface area is 124 Å². The summed E-state index contributed by atoms with van der Waals surface area (Å²) in [7, 11) is 3.38. The van der Waals surface area contributed by atoms with Gasteiger partial charge in [-0.2, -0.15) is 0 Å². The first-order chi connectivity index (χ1) is 10.3. The third kappa shape index (κ3) is 2.23. The summed E-state index contributed by atoms with van der Waals surface area (Å²) in [5, 5.41) is 2.46. The Morgan fingerprint density at radius 1 is 0.667 bits per heavy atom. The SMILES string of the molecule is COc1cccc(OC)c1-c1cccc2c(C)cccc12. The van der Waals surface area contributed by atoms with Crippen LogP contribution in [0.2, 0.25) is 0 Å². The minimum atomic E-state index is 0.823. The monoisotopic (exact) mass is 278 g/mol. The highest BCUT2D eigenvalue weighted by molar-refractivity contribution is 6.00. The van der Waals surface area contributed by atoms with Crippen molar-refractivity contribution in [3.8, 4) is 22.6 Å². The van der Waals surface area contributed by atoms with Gasteiger partial charge in [0.15, 0.2) is 0 Å². The number of hydrogen-bond acceptors (Lipinski definition) is 2. The molecule has 3 aromatic carbocycles. The van der Waals surface area contributed by atoms with Crippen molar-refractivity contribution < 1.29 is 9.47 Å². The van der Waals surface area contributed by atoms with Gasteiger partial charge < -0.3 is 9.47 Å². The molecule has 0 bridgehead atoms. The molecule has 0 atom stereocenters. The summed E-state index contributed by atoms with van der Waals surface area (Å²) >= 11 is 0. The molecule has 0 aromatic heterocycles. The highest BCUT2D eigenvalue weighted by atomic mass is 16.5. The van der Waals surface area contributed by atoms with Crippen LogP contribution >= 0.6 is 0 Å². The maximum absolute atomic E-state index is 5.54. The van der Waals surface area contributed by atoms with Crippen molar-refractivity contribution >= 4 is 10.8 Å². The third-order valence-electron chi connectivity index (χ3n) is 3.84. The molecule has 2 heteroatoms. The normalized spacial score (nSPS) is 10.6. The molecular formula is C19H18O2. The molecule has 3 aromatic rings. The van der Waals surface area contributed by atoms with Crippen molar-refractivity contribution in [1.29, 1.82) is 0 Å². The van der Waals surface area contributed by atoms with Gasteiger partial charge in [0.2, 0.25) is 0 Å². The Hall–Kier alpha value is -2.48. The Kier molecular flexibility index (Phi) is 3.53. The maximum Gasteiger partial charge on any atom is 0.130 e. The van der Waals surface area contributed by atoms with Gasteiger partial charge in [-0.1, -0.05) is 42.5 Å². The first-order valence-corrected chi connectivity index (χ1v) is 6.96. The molecule has 0 unspecified atom stereocenters. The van der Waals surface area contributed by atoms with Crippen LogP contribution in [0.3, 0.4) is 0 Å². The molecule has 0 aliphatic carbocycles. The fourth-order valence-electron chi connectivity index (χ4n) is 2.80. The fourth-order valence-corrected chi connectivity index (χ4v) is 2.80. The number of benzene rings is 3. The molecular weight excluding hydrogens is 260 g/mol. The predicted molar refractivity (Wildman–Crippen MR) is 87.2 cm³/mol. The molecule has 0 amide bonds. The van der Waals surface area contributed by atoms with Crippen molar-refractivity contribution in [2.24, 2.45) is 0 Å². The minimum absolute atomic E-state index is 0.823. The van der Waals surface area contributed by atoms with Gasteiger partial charge in [0.05, 0.1) is 19.8 Å². The van der Waals surface area contributed by atoms with Crippen LogP contribution in [0.4, 0.5) is 0 Å². The van der Waals surface area contributed by atoms with Crippen molar-refractivity contribution in [2.75, 3.05) is 14.2 Å². The van der Waals surface area contributed by atoms with Gasteiger partial charge in [0, 0.05) is 0 Å². The quantitative estimate of drug-likeness (QED) is 0.683. The van der Waals surface area contributed by atoms with Gasteiger partial charge in [-0.15, -0.1) is 0 Å². The van der Waals surface area contributed by atoms with Crippen LogP contribution in [0.15, 0.2) is 54.6 Å². The molecule has 0 radical (unpaired) electrons. The van der Waals surface area contributed by atoms with Crippen molar-refractivity contribution in [3.05, 3.63) is 60.2 Å². The molecule has 0 spiro atoms. The lowest BCUT2D eigenvalue weighted by Gasteiger charge is -2.15. The number of rotatable bonds is 3. The highest BCUT2D eigenvalue weighted by Crippen LogP contribution is 2.41. The average Bonchev–Trinajstić information content (AvgIpc) is 2.54. The Morgan fingerprint density at radius 3 is 1.90 bits per heavy atom. The summed E-state index contributed by atoms with van der Waals surface area (Å²) in [6.07, 6.45) is 0. The van der Waals surface area contributed by atoms with E-state index in [4.69, 9.17) is 9.47 Å². The lowest BCUT2D eigenvalue weighted by atomic mass is 9.95. The van der Waals surface area contributed by atoms with Gasteiger partial charge in [0.25, 0.3) is 0 Å². The van der Waals surface area contributed by atoms with Crippen LogP contribution in [0.25, 0.3) is 21.9 Å². The molecule has 21 heavy (non-hydrogen) atoms. The first-order valence-electron chi connectivity index (χ1n) is 6.96. The summed E-state index contributed by atoms with van der Waals surface area (Å²) in [4.78, 5) is 0. The van der Waals surface area contributed by atoms with Gasteiger partial charge >= 0.3 is 0 Å². The van der Waals surface area contributed by atoms with E-state index in [-0.39, 0.29) is 0 Å². The minimum Gasteiger partial charge on any atom is -0.496 e. The van der Waals surface area contributed by atoms with Crippen LogP contribution in [-0.4, -0.2) is 14.2 Å². The number of aryl methyl sites for hydroxylation is 1. The van der Waals surface area contributed by atoms with E-state index in [9.17, 15) is 0 Å². The number of ether oxygens (including phenoxy) is 2. The summed E-state index contributed by atoms with van der Waals surface area (Å²) in [6.45, 7) is 2.13. The van der Waals surface area contributed by atoms with Crippen LogP contribution in [0.1, 0.15) is 5.56 Å². The van der Waals surface area contributed by atoms with E-state index >= 15 is 0 Å². The van der Waals surface area contributed by atoms with E-state index < -0.39 is 0 Å². The Balaban J connectivity index is 2.38.